The van der Waals surface area contributed by atoms with Crippen molar-refractivity contribution in [1.29, 1.82) is 0 Å². The highest BCUT2D eigenvalue weighted by molar-refractivity contribution is 9.11. The van der Waals surface area contributed by atoms with E-state index in [1.807, 2.05) is 36.4 Å². The molecular formula is C14H9Br3N2O. The van der Waals surface area contributed by atoms with Crippen LogP contribution in [0.4, 0.5) is 11.4 Å². The molecule has 0 saturated heterocycles. The SMILES string of the molecule is O=C1Nc2cc(Br)ccc2C1Nc1cc(Br)ccc1Br. The summed E-state index contributed by atoms with van der Waals surface area (Å²) in [4.78, 5) is 12.1. The minimum absolute atomic E-state index is 0.0509. The van der Waals surface area contributed by atoms with E-state index in [0.29, 0.717) is 0 Å². The third kappa shape index (κ3) is 2.64. The zero-order chi connectivity index (χ0) is 14.3. The average molecular weight is 461 g/mol. The first-order valence-electron chi connectivity index (χ1n) is 5.86. The van der Waals surface area contributed by atoms with Crippen molar-refractivity contribution in [2.75, 3.05) is 10.6 Å². The predicted molar refractivity (Wildman–Crippen MR) is 91.0 cm³/mol. The minimum atomic E-state index is -0.385. The van der Waals surface area contributed by atoms with E-state index < -0.39 is 0 Å². The van der Waals surface area contributed by atoms with Gasteiger partial charge in [0.2, 0.25) is 0 Å². The highest BCUT2D eigenvalue weighted by Crippen LogP contribution is 2.37. The number of fused-ring (bicyclic) bond motifs is 1. The van der Waals surface area contributed by atoms with E-state index in [2.05, 4.69) is 58.4 Å². The Morgan fingerprint density at radius 1 is 1.00 bits per heavy atom. The first kappa shape index (κ1) is 14.1. The molecule has 6 heteroatoms. The summed E-state index contributed by atoms with van der Waals surface area (Å²) < 4.78 is 2.82. The van der Waals surface area contributed by atoms with E-state index in [0.717, 1.165) is 30.4 Å². The molecule has 2 aromatic rings. The molecule has 0 bridgehead atoms. The maximum atomic E-state index is 12.1. The van der Waals surface area contributed by atoms with E-state index >= 15 is 0 Å². The number of hydrogen-bond donors (Lipinski definition) is 2. The lowest BCUT2D eigenvalue weighted by Gasteiger charge is -2.14. The molecule has 0 saturated carbocycles. The Balaban J connectivity index is 1.96. The topological polar surface area (TPSA) is 41.1 Å². The van der Waals surface area contributed by atoms with E-state index in [9.17, 15) is 4.79 Å². The molecule has 1 aliphatic heterocycles. The van der Waals surface area contributed by atoms with Gasteiger partial charge in [-0.3, -0.25) is 4.79 Å². The largest absolute Gasteiger partial charge is 0.369 e. The third-order valence-corrected chi connectivity index (χ3v) is 4.75. The number of carbonyl (C=O) groups excluding carboxylic acids is 1. The van der Waals surface area contributed by atoms with Crippen molar-refractivity contribution >= 4 is 65.1 Å². The van der Waals surface area contributed by atoms with Crippen LogP contribution in [-0.2, 0) is 4.79 Å². The summed E-state index contributed by atoms with van der Waals surface area (Å²) in [7, 11) is 0. The Morgan fingerprint density at radius 2 is 1.70 bits per heavy atom. The summed E-state index contributed by atoms with van der Waals surface area (Å²) in [6.07, 6.45) is 0. The van der Waals surface area contributed by atoms with Gasteiger partial charge in [-0.05, 0) is 46.3 Å². The Morgan fingerprint density at radius 3 is 2.50 bits per heavy atom. The molecule has 102 valence electrons. The molecule has 0 spiro atoms. The van der Waals surface area contributed by atoms with Crippen molar-refractivity contribution in [3.05, 3.63) is 55.4 Å². The molecule has 2 N–H and O–H groups in total. The average Bonchev–Trinajstić information content (AvgIpc) is 2.69. The lowest BCUT2D eigenvalue weighted by atomic mass is 10.1. The van der Waals surface area contributed by atoms with Crippen molar-refractivity contribution in [3.63, 3.8) is 0 Å². The zero-order valence-corrected chi connectivity index (χ0v) is 14.8. The van der Waals surface area contributed by atoms with Crippen LogP contribution < -0.4 is 10.6 Å². The molecule has 0 aromatic heterocycles. The maximum Gasteiger partial charge on any atom is 0.251 e. The number of benzene rings is 2. The summed E-state index contributed by atoms with van der Waals surface area (Å²) in [5.74, 6) is -0.0509. The van der Waals surface area contributed by atoms with Gasteiger partial charge in [0.15, 0.2) is 0 Å². The van der Waals surface area contributed by atoms with Crippen LogP contribution in [0.5, 0.6) is 0 Å². The van der Waals surface area contributed by atoms with Crippen LogP contribution in [0.2, 0.25) is 0 Å². The fraction of sp³-hybridized carbons (Fsp3) is 0.0714. The Kier molecular flexibility index (Phi) is 3.88. The maximum absolute atomic E-state index is 12.1. The molecule has 1 atom stereocenters. The monoisotopic (exact) mass is 458 g/mol. The number of halogens is 3. The standard InChI is InChI=1S/C14H9Br3N2O/c15-7-1-3-9-11(5-7)19-14(20)13(9)18-12-6-8(16)2-4-10(12)17/h1-6,13,18H,(H,19,20). The third-order valence-electron chi connectivity index (χ3n) is 3.07. The number of nitrogens with one attached hydrogen (secondary N) is 2. The van der Waals surface area contributed by atoms with Gasteiger partial charge < -0.3 is 10.6 Å². The molecule has 1 unspecified atom stereocenters. The first-order valence-corrected chi connectivity index (χ1v) is 8.24. The molecule has 3 rings (SSSR count). The van der Waals surface area contributed by atoms with Gasteiger partial charge in [-0.1, -0.05) is 37.9 Å². The lowest BCUT2D eigenvalue weighted by molar-refractivity contribution is -0.116. The first-order chi connectivity index (χ1) is 9.54. The van der Waals surface area contributed by atoms with Crippen molar-refractivity contribution < 1.29 is 4.79 Å². The normalized spacial score (nSPS) is 16.8. The quantitative estimate of drug-likeness (QED) is 0.656. The zero-order valence-electron chi connectivity index (χ0n) is 10.1. The fourth-order valence-electron chi connectivity index (χ4n) is 2.14. The molecule has 1 aliphatic rings. The van der Waals surface area contributed by atoms with Crippen molar-refractivity contribution in [3.8, 4) is 0 Å². The molecule has 0 aliphatic carbocycles. The van der Waals surface area contributed by atoms with E-state index in [1.54, 1.807) is 0 Å². The predicted octanol–water partition coefficient (Wildman–Crippen LogP) is 5.08. The molecule has 1 amide bonds. The second-order valence-corrected chi connectivity index (χ2v) is 7.11. The van der Waals surface area contributed by atoms with Gasteiger partial charge in [-0.2, -0.15) is 0 Å². The Labute approximate surface area is 141 Å². The number of rotatable bonds is 2. The Bertz CT molecular complexity index is 703. The highest BCUT2D eigenvalue weighted by atomic mass is 79.9. The summed E-state index contributed by atoms with van der Waals surface area (Å²) in [6, 6.07) is 11.2. The van der Waals surface area contributed by atoms with Crippen LogP contribution in [-0.4, -0.2) is 5.91 Å². The van der Waals surface area contributed by atoms with Gasteiger partial charge in [0.05, 0.1) is 5.69 Å². The van der Waals surface area contributed by atoms with Crippen LogP contribution >= 0.6 is 47.8 Å². The number of carbonyl (C=O) groups is 1. The van der Waals surface area contributed by atoms with E-state index in [4.69, 9.17) is 0 Å². The van der Waals surface area contributed by atoms with Gasteiger partial charge in [-0.15, -0.1) is 0 Å². The van der Waals surface area contributed by atoms with Gasteiger partial charge in [0.1, 0.15) is 6.04 Å². The molecule has 20 heavy (non-hydrogen) atoms. The molecule has 3 nitrogen and oxygen atoms in total. The van der Waals surface area contributed by atoms with Gasteiger partial charge in [-0.25, -0.2) is 0 Å². The number of hydrogen-bond acceptors (Lipinski definition) is 2. The molecule has 0 fully saturated rings. The molecule has 0 radical (unpaired) electrons. The summed E-state index contributed by atoms with van der Waals surface area (Å²) in [5, 5.41) is 6.16. The van der Waals surface area contributed by atoms with Gasteiger partial charge >= 0.3 is 0 Å². The second-order valence-electron chi connectivity index (χ2n) is 4.42. The summed E-state index contributed by atoms with van der Waals surface area (Å²) in [6.45, 7) is 0. The van der Waals surface area contributed by atoms with E-state index in [1.165, 1.54) is 0 Å². The second kappa shape index (κ2) is 5.50. The number of anilines is 2. The highest BCUT2D eigenvalue weighted by Gasteiger charge is 2.30. The molecule has 1 heterocycles. The van der Waals surface area contributed by atoms with Crippen molar-refractivity contribution in [2.45, 2.75) is 6.04 Å². The van der Waals surface area contributed by atoms with Crippen LogP contribution in [0.25, 0.3) is 0 Å². The Hall–Kier alpha value is -0.850. The van der Waals surface area contributed by atoms with E-state index in [-0.39, 0.29) is 11.9 Å². The minimum Gasteiger partial charge on any atom is -0.369 e. The molecule has 2 aromatic carbocycles. The fourth-order valence-corrected chi connectivity index (χ4v) is 3.22. The summed E-state index contributed by atoms with van der Waals surface area (Å²) in [5.41, 5.74) is 2.66. The van der Waals surface area contributed by atoms with Crippen LogP contribution in [0, 0.1) is 0 Å². The number of amides is 1. The van der Waals surface area contributed by atoms with Crippen LogP contribution in [0.1, 0.15) is 11.6 Å². The molecular weight excluding hydrogens is 452 g/mol. The van der Waals surface area contributed by atoms with Crippen molar-refractivity contribution in [1.82, 2.24) is 0 Å². The smallest absolute Gasteiger partial charge is 0.251 e. The summed E-state index contributed by atoms with van der Waals surface area (Å²) >= 11 is 10.3. The lowest BCUT2D eigenvalue weighted by Crippen LogP contribution is -2.19. The van der Waals surface area contributed by atoms with Crippen molar-refractivity contribution in [2.24, 2.45) is 0 Å². The van der Waals surface area contributed by atoms with Crippen LogP contribution in [0.3, 0.4) is 0 Å². The van der Waals surface area contributed by atoms with Crippen LogP contribution in [0.15, 0.2) is 49.8 Å². The van der Waals surface area contributed by atoms with Gasteiger partial charge in [0, 0.05) is 24.7 Å². The van der Waals surface area contributed by atoms with Gasteiger partial charge in [0.25, 0.3) is 5.91 Å².